The molecule has 1 amide bonds. The minimum Gasteiger partial charge on any atom is -0.348 e. The summed E-state index contributed by atoms with van der Waals surface area (Å²) in [5.41, 5.74) is 1.58. The normalized spacial score (nSPS) is 18.1. The molecule has 4 rings (SSSR count). The van der Waals surface area contributed by atoms with Crippen molar-refractivity contribution in [1.29, 1.82) is 0 Å². The Morgan fingerprint density at radius 2 is 2.13 bits per heavy atom. The van der Waals surface area contributed by atoms with Gasteiger partial charge in [-0.25, -0.2) is 13.9 Å². The summed E-state index contributed by atoms with van der Waals surface area (Å²) < 4.78 is 14.7. The van der Waals surface area contributed by atoms with Crippen molar-refractivity contribution >= 4 is 27.3 Å². The van der Waals surface area contributed by atoms with Crippen LogP contribution in [0.2, 0.25) is 0 Å². The van der Waals surface area contributed by atoms with E-state index in [9.17, 15) is 9.18 Å². The van der Waals surface area contributed by atoms with Gasteiger partial charge < -0.3 is 10.2 Å². The summed E-state index contributed by atoms with van der Waals surface area (Å²) in [4.78, 5) is 18.9. The highest BCUT2D eigenvalue weighted by atomic mass is 32.1. The fraction of sp³-hybridized carbons (Fsp3) is 0.267. The molecule has 1 saturated heterocycles. The van der Waals surface area contributed by atoms with E-state index in [1.165, 1.54) is 23.5 Å². The topological polar surface area (TPSA) is 62.5 Å². The molecule has 1 atom stereocenters. The van der Waals surface area contributed by atoms with Crippen LogP contribution in [0.3, 0.4) is 0 Å². The van der Waals surface area contributed by atoms with Crippen molar-refractivity contribution in [3.05, 3.63) is 36.3 Å². The zero-order chi connectivity index (χ0) is 16.0. The first-order valence-corrected chi connectivity index (χ1v) is 8.05. The number of nitrogens with zero attached hydrogens (tertiary/aromatic N) is 4. The van der Waals surface area contributed by atoms with E-state index < -0.39 is 0 Å². The van der Waals surface area contributed by atoms with Crippen molar-refractivity contribution in [3.63, 3.8) is 0 Å². The zero-order valence-electron chi connectivity index (χ0n) is 12.4. The smallest absolute Gasteiger partial charge is 0.244 e. The van der Waals surface area contributed by atoms with Gasteiger partial charge in [0.2, 0.25) is 16.0 Å². The van der Waals surface area contributed by atoms with Crippen LogP contribution in [0.15, 0.2) is 30.5 Å². The van der Waals surface area contributed by atoms with Crippen molar-refractivity contribution in [2.45, 2.75) is 12.5 Å². The van der Waals surface area contributed by atoms with E-state index in [1.807, 2.05) is 0 Å². The number of carbonyl (C=O) groups is 1. The largest absolute Gasteiger partial charge is 0.348 e. The lowest BCUT2D eigenvalue weighted by atomic mass is 10.2. The highest BCUT2D eigenvalue weighted by molar-refractivity contribution is 7.20. The number of anilines is 1. The number of halogens is 1. The summed E-state index contributed by atoms with van der Waals surface area (Å²) in [6.07, 6.45) is 2.57. The number of aromatic nitrogens is 3. The summed E-state index contributed by atoms with van der Waals surface area (Å²) in [7, 11) is 1.80. The molecule has 3 aromatic rings. The van der Waals surface area contributed by atoms with Gasteiger partial charge in [-0.15, -0.1) is 5.10 Å². The number of carbonyl (C=O) groups excluding carboxylic acids is 1. The molecule has 0 bridgehead atoms. The summed E-state index contributed by atoms with van der Waals surface area (Å²) in [5, 5.41) is 8.26. The Hall–Kier alpha value is -2.48. The van der Waals surface area contributed by atoms with Gasteiger partial charge in [-0.1, -0.05) is 11.3 Å². The number of nitrogens with one attached hydrogen (secondary N) is 1. The lowest BCUT2D eigenvalue weighted by Gasteiger charge is -2.10. The second-order valence-electron chi connectivity index (χ2n) is 5.51. The van der Waals surface area contributed by atoms with Crippen LogP contribution in [-0.2, 0) is 4.79 Å². The standard InChI is InChI=1S/C15H14FN5OS/c1-20-7-6-11(13(20)22)17-14-19-21-8-12(18-15(21)23-14)9-2-4-10(16)5-3-9/h2-5,8,11H,6-7H2,1H3,(H,17,19). The minimum absolute atomic E-state index is 0.0878. The van der Waals surface area contributed by atoms with Crippen molar-refractivity contribution in [2.24, 2.45) is 0 Å². The molecule has 8 heteroatoms. The monoisotopic (exact) mass is 331 g/mol. The Labute approximate surface area is 135 Å². The Kier molecular flexibility index (Phi) is 3.26. The first-order valence-electron chi connectivity index (χ1n) is 7.24. The summed E-state index contributed by atoms with van der Waals surface area (Å²) >= 11 is 1.39. The molecule has 1 unspecified atom stereocenters. The van der Waals surface area contributed by atoms with E-state index in [-0.39, 0.29) is 17.8 Å². The van der Waals surface area contributed by atoms with Gasteiger partial charge in [0.15, 0.2) is 0 Å². The van der Waals surface area contributed by atoms with Crippen LogP contribution in [0.4, 0.5) is 9.52 Å². The maximum absolute atomic E-state index is 13.0. The first kappa shape index (κ1) is 14.1. The number of likely N-dealkylation sites (tertiary alicyclic amines) is 1. The fourth-order valence-corrected chi connectivity index (χ4v) is 3.46. The Morgan fingerprint density at radius 3 is 2.78 bits per heavy atom. The second-order valence-corrected chi connectivity index (χ2v) is 6.47. The number of likely N-dealkylation sites (N-methyl/N-ethyl adjacent to an activating group) is 1. The van der Waals surface area contributed by atoms with E-state index in [0.29, 0.717) is 5.13 Å². The van der Waals surface area contributed by atoms with Crippen LogP contribution >= 0.6 is 11.3 Å². The lowest BCUT2D eigenvalue weighted by molar-refractivity contribution is -0.127. The van der Waals surface area contributed by atoms with Crippen molar-refractivity contribution in [3.8, 4) is 11.3 Å². The molecule has 1 aliphatic rings. The predicted octanol–water partition coefficient (Wildman–Crippen LogP) is 2.24. The maximum Gasteiger partial charge on any atom is 0.244 e. The van der Waals surface area contributed by atoms with Crippen LogP contribution in [0, 0.1) is 5.82 Å². The Balaban J connectivity index is 1.57. The molecule has 1 aromatic carbocycles. The second kappa shape index (κ2) is 5.31. The number of imidazole rings is 1. The van der Waals surface area contributed by atoms with Gasteiger partial charge in [-0.2, -0.15) is 0 Å². The van der Waals surface area contributed by atoms with Crippen LogP contribution in [0.1, 0.15) is 6.42 Å². The van der Waals surface area contributed by atoms with E-state index in [1.54, 1.807) is 34.8 Å². The molecule has 0 radical (unpaired) electrons. The van der Waals surface area contributed by atoms with Crippen molar-refractivity contribution in [1.82, 2.24) is 19.5 Å². The molecule has 118 valence electrons. The van der Waals surface area contributed by atoms with Gasteiger partial charge >= 0.3 is 0 Å². The molecule has 6 nitrogen and oxygen atoms in total. The van der Waals surface area contributed by atoms with E-state index in [0.717, 1.165) is 29.2 Å². The molecule has 2 aromatic heterocycles. The third-order valence-corrected chi connectivity index (χ3v) is 4.76. The van der Waals surface area contributed by atoms with Crippen LogP contribution in [0.25, 0.3) is 16.2 Å². The van der Waals surface area contributed by atoms with Gasteiger partial charge in [0.1, 0.15) is 11.9 Å². The highest BCUT2D eigenvalue weighted by Gasteiger charge is 2.29. The first-order chi connectivity index (χ1) is 11.1. The van der Waals surface area contributed by atoms with Crippen LogP contribution in [0.5, 0.6) is 0 Å². The molecule has 3 heterocycles. The van der Waals surface area contributed by atoms with E-state index in [4.69, 9.17) is 0 Å². The molecule has 1 N–H and O–H groups in total. The summed E-state index contributed by atoms with van der Waals surface area (Å²) in [5.74, 6) is -0.185. The number of benzene rings is 1. The summed E-state index contributed by atoms with van der Waals surface area (Å²) in [6, 6.07) is 5.98. The number of hydrogen-bond acceptors (Lipinski definition) is 5. The average Bonchev–Trinajstić information content (AvgIpc) is 3.17. The number of hydrogen-bond donors (Lipinski definition) is 1. The SMILES string of the molecule is CN1CCC(Nc2nn3cc(-c4ccc(F)cc4)nc3s2)C1=O. The number of rotatable bonds is 3. The van der Waals surface area contributed by atoms with E-state index in [2.05, 4.69) is 15.4 Å². The fourth-order valence-electron chi connectivity index (χ4n) is 2.62. The van der Waals surface area contributed by atoms with Gasteiger partial charge in [0, 0.05) is 19.2 Å². The highest BCUT2D eigenvalue weighted by Crippen LogP contribution is 2.26. The molecular formula is C15H14FN5OS. The van der Waals surface area contributed by atoms with Crippen molar-refractivity contribution < 1.29 is 9.18 Å². The predicted molar refractivity (Wildman–Crippen MR) is 85.9 cm³/mol. The summed E-state index contributed by atoms with van der Waals surface area (Å²) in [6.45, 7) is 0.758. The molecule has 1 aliphatic heterocycles. The number of amides is 1. The van der Waals surface area contributed by atoms with Crippen LogP contribution < -0.4 is 5.32 Å². The Bertz CT molecular complexity index is 840. The third kappa shape index (κ3) is 2.55. The average molecular weight is 331 g/mol. The zero-order valence-corrected chi connectivity index (χ0v) is 13.2. The molecule has 1 fully saturated rings. The molecule has 0 saturated carbocycles. The van der Waals surface area contributed by atoms with Gasteiger partial charge in [-0.3, -0.25) is 4.79 Å². The lowest BCUT2D eigenvalue weighted by Crippen LogP contribution is -2.30. The molecule has 0 spiro atoms. The van der Waals surface area contributed by atoms with Gasteiger partial charge in [0.05, 0.1) is 11.9 Å². The van der Waals surface area contributed by atoms with Gasteiger partial charge in [0.25, 0.3) is 0 Å². The molecule has 0 aliphatic carbocycles. The molecule has 23 heavy (non-hydrogen) atoms. The van der Waals surface area contributed by atoms with E-state index >= 15 is 0 Å². The Morgan fingerprint density at radius 1 is 1.35 bits per heavy atom. The molecular weight excluding hydrogens is 317 g/mol. The number of fused-ring (bicyclic) bond motifs is 1. The third-order valence-electron chi connectivity index (χ3n) is 3.91. The maximum atomic E-state index is 13.0. The van der Waals surface area contributed by atoms with Gasteiger partial charge in [-0.05, 0) is 30.7 Å². The quantitative estimate of drug-likeness (QED) is 0.799. The minimum atomic E-state index is -0.273. The van der Waals surface area contributed by atoms with Crippen molar-refractivity contribution in [2.75, 3.05) is 18.9 Å². The van der Waals surface area contributed by atoms with Crippen LogP contribution in [-0.4, -0.2) is 45.0 Å².